The Morgan fingerprint density at radius 3 is 2.56 bits per heavy atom. The summed E-state index contributed by atoms with van der Waals surface area (Å²) in [7, 11) is 2.07. The number of hydrogen-bond acceptors (Lipinski definition) is 5. The number of carbonyl (C=O) groups excluding carboxylic acids is 2. The minimum atomic E-state index is -0.238. The standard InChI is InChI=1S/C12H22N2O3S/c1-10(15)13-5-8-17-11(16)9-12(18)3-6-14(2)7-4-12/h18H,3-9H2,1-2H3,(H,13,15). The normalized spacial score (nSPS) is 19.3. The molecule has 0 aromatic rings. The van der Waals surface area contributed by atoms with Crippen LogP contribution in [0.15, 0.2) is 0 Å². The Balaban J connectivity index is 2.21. The van der Waals surface area contributed by atoms with Crippen molar-refractivity contribution in [2.24, 2.45) is 0 Å². The third-order valence-electron chi connectivity index (χ3n) is 3.13. The number of rotatable bonds is 5. The van der Waals surface area contributed by atoms with Gasteiger partial charge in [-0.3, -0.25) is 9.59 Å². The number of nitrogens with zero attached hydrogens (tertiary/aromatic N) is 1. The van der Waals surface area contributed by atoms with Gasteiger partial charge in [-0.25, -0.2) is 0 Å². The van der Waals surface area contributed by atoms with Crippen LogP contribution in [0, 0.1) is 0 Å². The molecule has 0 aromatic carbocycles. The molecule has 1 fully saturated rings. The highest BCUT2D eigenvalue weighted by atomic mass is 32.1. The molecule has 0 spiro atoms. The highest BCUT2D eigenvalue weighted by Crippen LogP contribution is 2.31. The summed E-state index contributed by atoms with van der Waals surface area (Å²) in [6.07, 6.45) is 2.13. The highest BCUT2D eigenvalue weighted by Gasteiger charge is 2.32. The summed E-state index contributed by atoms with van der Waals surface area (Å²) in [6, 6.07) is 0. The number of likely N-dealkylation sites (tertiary alicyclic amines) is 1. The zero-order valence-corrected chi connectivity index (χ0v) is 12.0. The summed E-state index contributed by atoms with van der Waals surface area (Å²) in [4.78, 5) is 24.5. The van der Waals surface area contributed by atoms with Crippen molar-refractivity contribution in [2.75, 3.05) is 33.3 Å². The predicted octanol–water partition coefficient (Wildman–Crippen LogP) is 0.450. The molecular weight excluding hydrogens is 252 g/mol. The summed E-state index contributed by atoms with van der Waals surface area (Å²) >= 11 is 4.61. The molecule has 18 heavy (non-hydrogen) atoms. The van der Waals surface area contributed by atoms with Gasteiger partial charge in [0.05, 0.1) is 13.0 Å². The number of thiol groups is 1. The Labute approximate surface area is 114 Å². The van der Waals surface area contributed by atoms with Gasteiger partial charge in [0.25, 0.3) is 0 Å². The first-order valence-electron chi connectivity index (χ1n) is 6.22. The molecule has 0 aromatic heterocycles. The van der Waals surface area contributed by atoms with Gasteiger partial charge in [-0.2, -0.15) is 12.6 Å². The second-order valence-corrected chi connectivity index (χ2v) is 5.86. The van der Waals surface area contributed by atoms with Crippen LogP contribution in [0.25, 0.3) is 0 Å². The van der Waals surface area contributed by atoms with E-state index in [9.17, 15) is 9.59 Å². The first-order valence-corrected chi connectivity index (χ1v) is 6.67. The van der Waals surface area contributed by atoms with E-state index in [1.807, 2.05) is 0 Å². The van der Waals surface area contributed by atoms with Gasteiger partial charge in [0, 0.05) is 11.7 Å². The maximum absolute atomic E-state index is 11.6. The average molecular weight is 274 g/mol. The van der Waals surface area contributed by atoms with E-state index in [2.05, 4.69) is 29.9 Å². The Morgan fingerprint density at radius 1 is 1.39 bits per heavy atom. The molecule has 1 heterocycles. The molecule has 0 atom stereocenters. The largest absolute Gasteiger partial charge is 0.464 e. The molecule has 1 saturated heterocycles. The van der Waals surface area contributed by atoms with Crippen LogP contribution in [-0.2, 0) is 14.3 Å². The Morgan fingerprint density at radius 2 is 2.00 bits per heavy atom. The van der Waals surface area contributed by atoms with E-state index in [-0.39, 0.29) is 23.2 Å². The van der Waals surface area contributed by atoms with E-state index in [4.69, 9.17) is 4.74 Å². The van der Waals surface area contributed by atoms with Crippen molar-refractivity contribution in [2.45, 2.75) is 30.9 Å². The molecule has 1 amide bonds. The molecule has 0 unspecified atom stereocenters. The second kappa shape index (κ2) is 6.99. The summed E-state index contributed by atoms with van der Waals surface area (Å²) in [6.45, 7) is 3.94. The van der Waals surface area contributed by atoms with Crippen molar-refractivity contribution in [1.82, 2.24) is 10.2 Å². The van der Waals surface area contributed by atoms with Gasteiger partial charge in [-0.05, 0) is 33.0 Å². The van der Waals surface area contributed by atoms with Crippen molar-refractivity contribution >= 4 is 24.5 Å². The van der Waals surface area contributed by atoms with Gasteiger partial charge in [-0.1, -0.05) is 0 Å². The van der Waals surface area contributed by atoms with Crippen molar-refractivity contribution in [3.63, 3.8) is 0 Å². The number of piperidine rings is 1. The zero-order chi connectivity index (χ0) is 13.6. The molecule has 0 radical (unpaired) electrons. The van der Waals surface area contributed by atoms with E-state index in [0.717, 1.165) is 25.9 Å². The Hall–Kier alpha value is -0.750. The summed E-state index contributed by atoms with van der Waals surface area (Å²) in [5.41, 5.74) is 0. The van der Waals surface area contributed by atoms with Gasteiger partial charge in [0.2, 0.25) is 5.91 Å². The van der Waals surface area contributed by atoms with Gasteiger partial charge in [-0.15, -0.1) is 0 Å². The van der Waals surface area contributed by atoms with Gasteiger partial charge in [0.15, 0.2) is 0 Å². The fourth-order valence-corrected chi connectivity index (χ4v) is 2.25. The number of nitrogens with one attached hydrogen (secondary N) is 1. The number of amides is 1. The molecule has 6 heteroatoms. The van der Waals surface area contributed by atoms with E-state index >= 15 is 0 Å². The smallest absolute Gasteiger partial charge is 0.307 e. The lowest BCUT2D eigenvalue weighted by atomic mass is 9.92. The Bertz CT molecular complexity index is 302. The van der Waals surface area contributed by atoms with Gasteiger partial charge < -0.3 is 15.0 Å². The SMILES string of the molecule is CC(=O)NCCOC(=O)CC1(S)CCN(C)CC1. The average Bonchev–Trinajstić information content (AvgIpc) is 2.29. The maximum atomic E-state index is 11.6. The fourth-order valence-electron chi connectivity index (χ4n) is 1.92. The molecule has 1 rings (SSSR count). The number of ether oxygens (including phenoxy) is 1. The zero-order valence-electron chi connectivity index (χ0n) is 11.1. The predicted molar refractivity (Wildman–Crippen MR) is 72.7 cm³/mol. The van der Waals surface area contributed by atoms with Gasteiger partial charge >= 0.3 is 5.97 Å². The van der Waals surface area contributed by atoms with E-state index in [0.29, 0.717) is 13.0 Å². The van der Waals surface area contributed by atoms with Crippen LogP contribution < -0.4 is 5.32 Å². The lowest BCUT2D eigenvalue weighted by Crippen LogP contribution is -2.40. The number of carbonyl (C=O) groups is 2. The first-order chi connectivity index (χ1) is 8.41. The molecule has 104 valence electrons. The van der Waals surface area contributed by atoms with Crippen LogP contribution in [0.2, 0.25) is 0 Å². The van der Waals surface area contributed by atoms with Crippen molar-refractivity contribution in [1.29, 1.82) is 0 Å². The molecule has 1 N–H and O–H groups in total. The molecule has 5 nitrogen and oxygen atoms in total. The van der Waals surface area contributed by atoms with Crippen molar-refractivity contribution < 1.29 is 14.3 Å². The van der Waals surface area contributed by atoms with Crippen LogP contribution >= 0.6 is 12.6 Å². The summed E-state index contributed by atoms with van der Waals surface area (Å²) in [5.74, 6) is -0.355. The molecule has 0 aliphatic carbocycles. The second-order valence-electron chi connectivity index (χ2n) is 4.91. The lowest BCUT2D eigenvalue weighted by molar-refractivity contribution is -0.144. The topological polar surface area (TPSA) is 58.6 Å². The van der Waals surface area contributed by atoms with Crippen molar-refractivity contribution in [3.8, 4) is 0 Å². The molecule has 0 saturated carbocycles. The van der Waals surface area contributed by atoms with E-state index < -0.39 is 0 Å². The summed E-state index contributed by atoms with van der Waals surface area (Å²) < 4.78 is 4.83. The van der Waals surface area contributed by atoms with Crippen molar-refractivity contribution in [3.05, 3.63) is 0 Å². The summed E-state index contributed by atoms with van der Waals surface area (Å²) in [5, 5.41) is 2.58. The van der Waals surface area contributed by atoms with Crippen LogP contribution in [-0.4, -0.2) is 54.8 Å². The minimum absolute atomic E-state index is 0.118. The highest BCUT2D eigenvalue weighted by molar-refractivity contribution is 7.81. The molecule has 1 aliphatic rings. The van der Waals surface area contributed by atoms with Crippen LogP contribution in [0.5, 0.6) is 0 Å². The first kappa shape index (κ1) is 15.3. The number of esters is 1. The fraction of sp³-hybridized carbons (Fsp3) is 0.833. The van der Waals surface area contributed by atoms with E-state index in [1.54, 1.807) is 0 Å². The van der Waals surface area contributed by atoms with Crippen LogP contribution in [0.3, 0.4) is 0 Å². The molecule has 1 aliphatic heterocycles. The third kappa shape index (κ3) is 5.73. The molecular formula is C12H22N2O3S. The maximum Gasteiger partial charge on any atom is 0.307 e. The van der Waals surface area contributed by atoms with E-state index in [1.165, 1.54) is 6.92 Å². The lowest BCUT2D eigenvalue weighted by Gasteiger charge is -2.36. The minimum Gasteiger partial charge on any atom is -0.464 e. The number of hydrogen-bond donors (Lipinski definition) is 2. The quantitative estimate of drug-likeness (QED) is 0.434. The monoisotopic (exact) mass is 274 g/mol. The third-order valence-corrected chi connectivity index (χ3v) is 3.74. The van der Waals surface area contributed by atoms with Crippen LogP contribution in [0.1, 0.15) is 26.2 Å². The van der Waals surface area contributed by atoms with Gasteiger partial charge in [0.1, 0.15) is 6.61 Å². The Kier molecular flexibility index (Phi) is 5.95. The van der Waals surface area contributed by atoms with Crippen LogP contribution in [0.4, 0.5) is 0 Å². The molecule has 0 bridgehead atoms.